The molecular weight excluding hydrogens is 272 g/mol. The van der Waals surface area contributed by atoms with E-state index in [0.29, 0.717) is 0 Å². The molecule has 2 amide bonds. The van der Waals surface area contributed by atoms with E-state index >= 15 is 0 Å². The number of rotatable bonds is 1. The number of nitrogens with zero attached hydrogens (tertiary/aromatic N) is 1. The molecule has 0 radical (unpaired) electrons. The van der Waals surface area contributed by atoms with Gasteiger partial charge in [-0.1, -0.05) is 15.9 Å². The predicted octanol–water partition coefficient (Wildman–Crippen LogP) is 1.60. The summed E-state index contributed by atoms with van der Waals surface area (Å²) in [6.45, 7) is 1.41. The number of hydrogen-bond acceptors (Lipinski definition) is 2. The monoisotopic (exact) mass is 282 g/mol. The van der Waals surface area contributed by atoms with Crippen molar-refractivity contribution < 1.29 is 9.59 Å². The summed E-state index contributed by atoms with van der Waals surface area (Å²) in [7, 11) is 1.71. The minimum atomic E-state index is -0.560. The Morgan fingerprint density at radius 3 is 2.81 bits per heavy atom. The van der Waals surface area contributed by atoms with E-state index in [1.54, 1.807) is 11.9 Å². The molecule has 1 aromatic carbocycles. The number of halogens is 1. The van der Waals surface area contributed by atoms with Gasteiger partial charge in [0.15, 0.2) is 0 Å². The highest BCUT2D eigenvalue weighted by atomic mass is 79.9. The SMILES string of the molecule is CC(=O)N[C@@H]1C(=O)N(C)c2ccc(Br)cc21. The van der Waals surface area contributed by atoms with E-state index in [2.05, 4.69) is 21.2 Å². The lowest BCUT2D eigenvalue weighted by atomic mass is 10.1. The summed E-state index contributed by atoms with van der Waals surface area (Å²) >= 11 is 3.36. The predicted molar refractivity (Wildman–Crippen MR) is 64.1 cm³/mol. The van der Waals surface area contributed by atoms with Crippen LogP contribution in [0.15, 0.2) is 22.7 Å². The third kappa shape index (κ3) is 1.71. The van der Waals surface area contributed by atoms with Crippen molar-refractivity contribution in [2.45, 2.75) is 13.0 Å². The van der Waals surface area contributed by atoms with Gasteiger partial charge in [-0.2, -0.15) is 0 Å². The molecule has 5 heteroatoms. The molecule has 1 atom stereocenters. The van der Waals surface area contributed by atoms with Gasteiger partial charge in [-0.05, 0) is 18.2 Å². The molecule has 4 nitrogen and oxygen atoms in total. The largest absolute Gasteiger partial charge is 0.341 e. The zero-order valence-corrected chi connectivity index (χ0v) is 10.5. The summed E-state index contributed by atoms with van der Waals surface area (Å²) in [5.41, 5.74) is 1.67. The molecule has 1 heterocycles. The van der Waals surface area contributed by atoms with Crippen LogP contribution in [-0.4, -0.2) is 18.9 Å². The molecule has 0 bridgehead atoms. The van der Waals surface area contributed by atoms with Crippen molar-refractivity contribution in [3.05, 3.63) is 28.2 Å². The highest BCUT2D eigenvalue weighted by Gasteiger charge is 2.35. The molecule has 1 N–H and O–H groups in total. The Balaban J connectivity index is 2.47. The maximum absolute atomic E-state index is 11.9. The van der Waals surface area contributed by atoms with E-state index < -0.39 is 6.04 Å². The summed E-state index contributed by atoms with van der Waals surface area (Å²) in [6, 6.07) is 5.03. The Morgan fingerprint density at radius 2 is 2.19 bits per heavy atom. The summed E-state index contributed by atoms with van der Waals surface area (Å²) < 4.78 is 0.893. The second-order valence-corrected chi connectivity index (χ2v) is 4.65. The Labute approximate surface area is 102 Å². The van der Waals surface area contributed by atoms with Crippen LogP contribution in [0.1, 0.15) is 18.5 Å². The first-order valence-electron chi connectivity index (χ1n) is 4.85. The number of carbonyl (C=O) groups is 2. The van der Waals surface area contributed by atoms with Crippen molar-refractivity contribution in [3.8, 4) is 0 Å². The minimum Gasteiger partial charge on any atom is -0.341 e. The highest BCUT2D eigenvalue weighted by Crippen LogP contribution is 2.36. The van der Waals surface area contributed by atoms with Gasteiger partial charge in [0.2, 0.25) is 5.91 Å². The number of carbonyl (C=O) groups excluding carboxylic acids is 2. The molecule has 1 aliphatic rings. The van der Waals surface area contributed by atoms with Crippen LogP contribution in [0, 0.1) is 0 Å². The van der Waals surface area contributed by atoms with Crippen LogP contribution < -0.4 is 10.2 Å². The van der Waals surface area contributed by atoms with Crippen LogP contribution in [-0.2, 0) is 9.59 Å². The summed E-state index contributed by atoms with van der Waals surface area (Å²) in [6.07, 6.45) is 0. The van der Waals surface area contributed by atoms with E-state index in [4.69, 9.17) is 0 Å². The zero-order chi connectivity index (χ0) is 11.9. The van der Waals surface area contributed by atoms with Gasteiger partial charge in [0.25, 0.3) is 5.91 Å². The lowest BCUT2D eigenvalue weighted by Crippen LogP contribution is -2.34. The van der Waals surface area contributed by atoms with Crippen molar-refractivity contribution in [2.24, 2.45) is 0 Å². The number of anilines is 1. The van der Waals surface area contributed by atoms with Crippen molar-refractivity contribution >= 4 is 33.4 Å². The van der Waals surface area contributed by atoms with Gasteiger partial charge < -0.3 is 10.2 Å². The second-order valence-electron chi connectivity index (χ2n) is 3.73. The topological polar surface area (TPSA) is 49.4 Å². The number of fused-ring (bicyclic) bond motifs is 1. The first-order valence-corrected chi connectivity index (χ1v) is 5.64. The zero-order valence-electron chi connectivity index (χ0n) is 8.95. The van der Waals surface area contributed by atoms with Gasteiger partial charge in [0.1, 0.15) is 6.04 Å². The van der Waals surface area contributed by atoms with Crippen LogP contribution in [0.5, 0.6) is 0 Å². The van der Waals surface area contributed by atoms with Crippen LogP contribution in [0.4, 0.5) is 5.69 Å². The Bertz CT molecular complexity index is 473. The number of nitrogens with one attached hydrogen (secondary N) is 1. The molecule has 0 fully saturated rings. The smallest absolute Gasteiger partial charge is 0.254 e. The van der Waals surface area contributed by atoms with Crippen LogP contribution in [0.25, 0.3) is 0 Å². The Kier molecular flexibility index (Phi) is 2.71. The van der Waals surface area contributed by atoms with Crippen molar-refractivity contribution in [1.82, 2.24) is 5.32 Å². The fraction of sp³-hybridized carbons (Fsp3) is 0.273. The van der Waals surface area contributed by atoms with Crippen molar-refractivity contribution in [1.29, 1.82) is 0 Å². The molecule has 1 aromatic rings. The van der Waals surface area contributed by atoms with E-state index in [0.717, 1.165) is 15.7 Å². The number of likely N-dealkylation sites (N-methyl/N-ethyl adjacent to an activating group) is 1. The summed E-state index contributed by atoms with van der Waals surface area (Å²) in [5.74, 6) is -0.317. The molecule has 2 rings (SSSR count). The van der Waals surface area contributed by atoms with Crippen molar-refractivity contribution in [3.63, 3.8) is 0 Å². The molecule has 0 aromatic heterocycles. The summed E-state index contributed by atoms with van der Waals surface area (Å²) in [4.78, 5) is 24.5. The first kappa shape index (κ1) is 11.1. The average Bonchev–Trinajstić information content (AvgIpc) is 2.43. The lowest BCUT2D eigenvalue weighted by molar-refractivity contribution is -0.125. The molecule has 84 valence electrons. The van der Waals surface area contributed by atoms with Crippen molar-refractivity contribution in [2.75, 3.05) is 11.9 Å². The number of hydrogen-bond donors (Lipinski definition) is 1. The molecule has 0 saturated carbocycles. The van der Waals surface area contributed by atoms with Gasteiger partial charge in [-0.15, -0.1) is 0 Å². The normalized spacial score (nSPS) is 18.6. The maximum atomic E-state index is 11.9. The van der Waals surface area contributed by atoms with Crippen LogP contribution >= 0.6 is 15.9 Å². The van der Waals surface area contributed by atoms with E-state index in [1.807, 2.05) is 18.2 Å². The minimum absolute atomic E-state index is 0.108. The van der Waals surface area contributed by atoms with E-state index in [1.165, 1.54) is 6.92 Å². The second kappa shape index (κ2) is 3.90. The standard InChI is InChI=1S/C11H11BrN2O2/c1-6(15)13-10-8-5-7(12)3-4-9(8)14(2)11(10)16/h3-5,10H,1-2H3,(H,13,15)/t10-/m0/s1. The lowest BCUT2D eigenvalue weighted by Gasteiger charge is -2.11. The summed E-state index contributed by atoms with van der Waals surface area (Å²) in [5, 5.41) is 2.65. The highest BCUT2D eigenvalue weighted by molar-refractivity contribution is 9.10. The third-order valence-electron chi connectivity index (χ3n) is 2.59. The van der Waals surface area contributed by atoms with E-state index in [-0.39, 0.29) is 11.8 Å². The number of amides is 2. The van der Waals surface area contributed by atoms with Crippen LogP contribution in [0.3, 0.4) is 0 Å². The average molecular weight is 283 g/mol. The molecule has 0 saturated heterocycles. The quantitative estimate of drug-likeness (QED) is 0.851. The van der Waals surface area contributed by atoms with Gasteiger partial charge >= 0.3 is 0 Å². The molecule has 1 aliphatic heterocycles. The first-order chi connectivity index (χ1) is 7.50. The molecule has 0 aliphatic carbocycles. The number of benzene rings is 1. The van der Waals surface area contributed by atoms with Gasteiger partial charge in [-0.3, -0.25) is 9.59 Å². The van der Waals surface area contributed by atoms with E-state index in [9.17, 15) is 9.59 Å². The van der Waals surface area contributed by atoms with Crippen LogP contribution in [0.2, 0.25) is 0 Å². The molecule has 0 spiro atoms. The fourth-order valence-corrected chi connectivity index (χ4v) is 2.23. The Hall–Kier alpha value is -1.36. The van der Waals surface area contributed by atoms with Gasteiger partial charge in [-0.25, -0.2) is 0 Å². The van der Waals surface area contributed by atoms with Gasteiger partial charge in [0.05, 0.1) is 0 Å². The maximum Gasteiger partial charge on any atom is 0.254 e. The fourth-order valence-electron chi connectivity index (χ4n) is 1.85. The van der Waals surface area contributed by atoms with Gasteiger partial charge in [0, 0.05) is 29.7 Å². The third-order valence-corrected chi connectivity index (χ3v) is 3.08. The molecular formula is C11H11BrN2O2. The molecule has 16 heavy (non-hydrogen) atoms. The Morgan fingerprint density at radius 1 is 1.50 bits per heavy atom. The molecule has 0 unspecified atom stereocenters.